The molecule has 0 aliphatic rings. The first-order chi connectivity index (χ1) is 11.3. The van der Waals surface area contributed by atoms with E-state index in [1.54, 1.807) is 43.5 Å². The number of hydrogen-bond donors (Lipinski definition) is 1. The standard InChI is InChI=1S/C17H21N3O3S/c1-13-7-6-9-16(11-13)20(24(3,22)23)14(2)17(21)19-12-15-8-4-5-10-18-15/h4-11,14H,12H2,1-3H3,(H,19,21)/t14-/m0/s1. The van der Waals surface area contributed by atoms with Crippen LogP contribution < -0.4 is 9.62 Å². The van der Waals surface area contributed by atoms with Crippen molar-refractivity contribution >= 4 is 21.6 Å². The molecule has 0 aliphatic heterocycles. The fraction of sp³-hybridized carbons (Fsp3) is 0.294. The van der Waals surface area contributed by atoms with E-state index in [0.29, 0.717) is 11.4 Å². The Morgan fingerprint density at radius 3 is 2.58 bits per heavy atom. The topological polar surface area (TPSA) is 79.4 Å². The molecule has 0 saturated heterocycles. The predicted molar refractivity (Wildman–Crippen MR) is 94.0 cm³/mol. The summed E-state index contributed by atoms with van der Waals surface area (Å²) in [6.45, 7) is 3.68. The third-order valence-electron chi connectivity index (χ3n) is 3.51. The van der Waals surface area contributed by atoms with Gasteiger partial charge >= 0.3 is 0 Å². The molecule has 0 saturated carbocycles. The normalized spacial score (nSPS) is 12.5. The molecule has 1 N–H and O–H groups in total. The number of sulfonamides is 1. The van der Waals surface area contributed by atoms with Crippen molar-refractivity contribution in [3.63, 3.8) is 0 Å². The van der Waals surface area contributed by atoms with E-state index in [0.717, 1.165) is 16.1 Å². The fourth-order valence-electron chi connectivity index (χ4n) is 2.40. The Bertz CT molecular complexity index is 807. The maximum atomic E-state index is 12.4. The van der Waals surface area contributed by atoms with Crippen molar-refractivity contribution < 1.29 is 13.2 Å². The zero-order valence-corrected chi connectivity index (χ0v) is 14.7. The molecular weight excluding hydrogens is 326 g/mol. The lowest BCUT2D eigenvalue weighted by Crippen LogP contribution is -2.47. The van der Waals surface area contributed by atoms with Crippen LogP contribution in [0.5, 0.6) is 0 Å². The average molecular weight is 347 g/mol. The van der Waals surface area contributed by atoms with Gasteiger partial charge < -0.3 is 5.32 Å². The van der Waals surface area contributed by atoms with Gasteiger partial charge in [0.25, 0.3) is 0 Å². The minimum Gasteiger partial charge on any atom is -0.349 e. The molecule has 1 atom stereocenters. The summed E-state index contributed by atoms with van der Waals surface area (Å²) in [6.07, 6.45) is 2.73. The Labute approximate surface area is 142 Å². The SMILES string of the molecule is Cc1cccc(N([C@@H](C)C(=O)NCc2ccccn2)S(C)(=O)=O)c1. The number of hydrogen-bond acceptors (Lipinski definition) is 4. The van der Waals surface area contributed by atoms with Gasteiger partial charge in [-0.3, -0.25) is 14.1 Å². The molecule has 0 aliphatic carbocycles. The Balaban J connectivity index is 2.19. The smallest absolute Gasteiger partial charge is 0.243 e. The molecule has 7 heteroatoms. The Hall–Kier alpha value is -2.41. The van der Waals surface area contributed by atoms with Crippen molar-refractivity contribution in [1.29, 1.82) is 0 Å². The fourth-order valence-corrected chi connectivity index (χ4v) is 3.57. The zero-order valence-electron chi connectivity index (χ0n) is 13.9. The molecule has 0 unspecified atom stereocenters. The van der Waals surface area contributed by atoms with Gasteiger partial charge in [0.15, 0.2) is 0 Å². The Morgan fingerprint density at radius 1 is 1.25 bits per heavy atom. The van der Waals surface area contributed by atoms with Crippen molar-refractivity contribution in [3.05, 3.63) is 59.9 Å². The van der Waals surface area contributed by atoms with E-state index in [1.807, 2.05) is 19.1 Å². The Kier molecular flexibility index (Phi) is 5.56. The van der Waals surface area contributed by atoms with Crippen LogP contribution in [0.4, 0.5) is 5.69 Å². The van der Waals surface area contributed by atoms with E-state index in [2.05, 4.69) is 10.3 Å². The summed E-state index contributed by atoms with van der Waals surface area (Å²) in [4.78, 5) is 16.5. The highest BCUT2D eigenvalue weighted by atomic mass is 32.2. The lowest BCUT2D eigenvalue weighted by molar-refractivity contribution is -0.122. The van der Waals surface area contributed by atoms with Crippen LogP contribution >= 0.6 is 0 Å². The van der Waals surface area contributed by atoms with E-state index in [1.165, 1.54) is 0 Å². The van der Waals surface area contributed by atoms with Gasteiger partial charge in [0, 0.05) is 6.20 Å². The van der Waals surface area contributed by atoms with Crippen molar-refractivity contribution in [1.82, 2.24) is 10.3 Å². The van der Waals surface area contributed by atoms with Crippen molar-refractivity contribution in [2.45, 2.75) is 26.4 Å². The third kappa shape index (κ3) is 4.55. The molecular formula is C17H21N3O3S. The molecule has 2 aromatic rings. The van der Waals surface area contributed by atoms with Crippen LogP contribution in [0.1, 0.15) is 18.2 Å². The maximum Gasteiger partial charge on any atom is 0.243 e. The summed E-state index contributed by atoms with van der Waals surface area (Å²) in [5, 5.41) is 2.73. The number of nitrogens with zero attached hydrogens (tertiary/aromatic N) is 2. The van der Waals surface area contributed by atoms with Crippen LogP contribution in [0, 0.1) is 6.92 Å². The Morgan fingerprint density at radius 2 is 2.00 bits per heavy atom. The molecule has 0 fully saturated rings. The van der Waals surface area contributed by atoms with E-state index in [-0.39, 0.29) is 12.5 Å². The number of nitrogens with one attached hydrogen (secondary N) is 1. The van der Waals surface area contributed by atoms with Crippen molar-refractivity contribution in [2.75, 3.05) is 10.6 Å². The maximum absolute atomic E-state index is 12.4. The molecule has 128 valence electrons. The molecule has 0 bridgehead atoms. The summed E-state index contributed by atoms with van der Waals surface area (Å²) in [7, 11) is -3.61. The summed E-state index contributed by atoms with van der Waals surface area (Å²) in [5.41, 5.74) is 2.10. The predicted octanol–water partition coefficient (Wildman–Crippen LogP) is 1.86. The van der Waals surface area contributed by atoms with Gasteiger partial charge in [0.05, 0.1) is 24.2 Å². The molecule has 1 amide bonds. The van der Waals surface area contributed by atoms with Crippen LogP contribution in [-0.4, -0.2) is 31.6 Å². The number of aromatic nitrogens is 1. The summed E-state index contributed by atoms with van der Waals surface area (Å²) < 4.78 is 25.5. The highest BCUT2D eigenvalue weighted by Gasteiger charge is 2.29. The molecule has 24 heavy (non-hydrogen) atoms. The minimum absolute atomic E-state index is 0.245. The van der Waals surface area contributed by atoms with Gasteiger partial charge in [-0.2, -0.15) is 0 Å². The lowest BCUT2D eigenvalue weighted by Gasteiger charge is -2.28. The van der Waals surface area contributed by atoms with Gasteiger partial charge in [0.2, 0.25) is 15.9 Å². The van der Waals surface area contributed by atoms with Crippen LogP contribution in [0.3, 0.4) is 0 Å². The number of pyridine rings is 1. The van der Waals surface area contributed by atoms with Gasteiger partial charge in [-0.05, 0) is 43.7 Å². The highest BCUT2D eigenvalue weighted by Crippen LogP contribution is 2.21. The first-order valence-corrected chi connectivity index (χ1v) is 9.37. The second-order valence-corrected chi connectivity index (χ2v) is 7.47. The van der Waals surface area contributed by atoms with Gasteiger partial charge in [-0.1, -0.05) is 18.2 Å². The number of amides is 1. The number of carbonyl (C=O) groups excluding carboxylic acids is 1. The molecule has 6 nitrogen and oxygen atoms in total. The molecule has 1 aromatic carbocycles. The highest BCUT2D eigenvalue weighted by molar-refractivity contribution is 7.92. The monoisotopic (exact) mass is 347 g/mol. The number of anilines is 1. The third-order valence-corrected chi connectivity index (χ3v) is 4.76. The summed E-state index contributed by atoms with van der Waals surface area (Å²) in [5.74, 6) is -0.382. The molecule has 0 radical (unpaired) electrons. The van der Waals surface area contributed by atoms with E-state index in [9.17, 15) is 13.2 Å². The van der Waals surface area contributed by atoms with Crippen LogP contribution in [0.2, 0.25) is 0 Å². The minimum atomic E-state index is -3.61. The number of carbonyl (C=O) groups is 1. The molecule has 1 aromatic heterocycles. The quantitative estimate of drug-likeness (QED) is 0.865. The number of aryl methyl sites for hydroxylation is 1. The van der Waals surface area contributed by atoms with Crippen LogP contribution in [0.25, 0.3) is 0 Å². The average Bonchev–Trinajstić information content (AvgIpc) is 2.52. The molecule has 0 spiro atoms. The van der Waals surface area contributed by atoms with E-state index in [4.69, 9.17) is 0 Å². The van der Waals surface area contributed by atoms with E-state index >= 15 is 0 Å². The van der Waals surface area contributed by atoms with E-state index < -0.39 is 16.1 Å². The van der Waals surface area contributed by atoms with Crippen LogP contribution in [0.15, 0.2) is 48.7 Å². The van der Waals surface area contributed by atoms with Gasteiger partial charge in [-0.15, -0.1) is 0 Å². The largest absolute Gasteiger partial charge is 0.349 e. The molecule has 2 rings (SSSR count). The van der Waals surface area contributed by atoms with Gasteiger partial charge in [-0.25, -0.2) is 8.42 Å². The van der Waals surface area contributed by atoms with Crippen molar-refractivity contribution in [2.24, 2.45) is 0 Å². The first-order valence-electron chi connectivity index (χ1n) is 7.53. The van der Waals surface area contributed by atoms with Crippen LogP contribution in [-0.2, 0) is 21.4 Å². The first kappa shape index (κ1) is 17.9. The number of rotatable bonds is 6. The lowest BCUT2D eigenvalue weighted by atomic mass is 10.2. The second-order valence-electron chi connectivity index (χ2n) is 5.61. The summed E-state index contributed by atoms with van der Waals surface area (Å²) >= 11 is 0. The molecule has 1 heterocycles. The second kappa shape index (κ2) is 7.44. The number of benzene rings is 1. The zero-order chi connectivity index (χ0) is 17.7. The van der Waals surface area contributed by atoms with Crippen molar-refractivity contribution in [3.8, 4) is 0 Å². The summed E-state index contributed by atoms with van der Waals surface area (Å²) in [6, 6.07) is 11.6. The van der Waals surface area contributed by atoms with Gasteiger partial charge in [0.1, 0.15) is 6.04 Å².